The van der Waals surface area contributed by atoms with Gasteiger partial charge >= 0.3 is 0 Å². The van der Waals surface area contributed by atoms with E-state index in [0.717, 1.165) is 12.2 Å². The number of hydrogen-bond donors (Lipinski definition) is 2. The number of anilines is 1. The fourth-order valence-electron chi connectivity index (χ4n) is 2.93. The Labute approximate surface area is 120 Å². The van der Waals surface area contributed by atoms with Gasteiger partial charge in [-0.1, -0.05) is 19.3 Å². The van der Waals surface area contributed by atoms with Gasteiger partial charge in [0, 0.05) is 24.8 Å². The van der Waals surface area contributed by atoms with Crippen molar-refractivity contribution in [3.8, 4) is 0 Å². The number of nitrogens with one attached hydrogen (secondary N) is 1. The molecule has 0 atom stereocenters. The van der Waals surface area contributed by atoms with Crippen LogP contribution in [0.15, 0.2) is 12.1 Å². The molecule has 0 aromatic carbocycles. The molecule has 0 bridgehead atoms. The maximum absolute atomic E-state index is 12.5. The van der Waals surface area contributed by atoms with Gasteiger partial charge < -0.3 is 10.3 Å². The number of rotatable bonds is 4. The summed E-state index contributed by atoms with van der Waals surface area (Å²) < 4.78 is 0. The molecule has 1 aromatic rings. The number of hydrogen-bond acceptors (Lipinski definition) is 4. The second-order valence-electron chi connectivity index (χ2n) is 5.72. The van der Waals surface area contributed by atoms with Crippen molar-refractivity contribution in [3.63, 3.8) is 0 Å². The van der Waals surface area contributed by atoms with Gasteiger partial charge in [-0.3, -0.25) is 4.79 Å². The van der Waals surface area contributed by atoms with E-state index in [0.29, 0.717) is 17.3 Å². The highest BCUT2D eigenvalue weighted by Crippen LogP contribution is 2.24. The summed E-state index contributed by atoms with van der Waals surface area (Å²) in [6.07, 6.45) is 6.40. The van der Waals surface area contributed by atoms with Crippen LogP contribution >= 0.6 is 0 Å². The van der Waals surface area contributed by atoms with Gasteiger partial charge in [-0.05, 0) is 37.8 Å². The van der Waals surface area contributed by atoms with E-state index in [-0.39, 0.29) is 5.91 Å². The van der Waals surface area contributed by atoms with Crippen LogP contribution in [-0.2, 0) is 0 Å². The maximum atomic E-state index is 12.5. The minimum Gasteiger partial charge on any atom is -0.341 e. The Morgan fingerprint density at radius 2 is 2.10 bits per heavy atom. The summed E-state index contributed by atoms with van der Waals surface area (Å²) in [5.41, 5.74) is 3.93. The van der Waals surface area contributed by atoms with E-state index in [1.807, 2.05) is 18.9 Å². The number of amides is 1. The molecule has 2 rings (SSSR count). The molecular formula is C15H24N4O. The first-order chi connectivity index (χ1) is 9.60. The molecule has 0 aliphatic heterocycles. The summed E-state index contributed by atoms with van der Waals surface area (Å²) in [6.45, 7) is 2.70. The Balaban J connectivity index is 2.03. The van der Waals surface area contributed by atoms with Crippen molar-refractivity contribution in [1.29, 1.82) is 0 Å². The number of nitrogens with two attached hydrogens (primary N) is 1. The number of pyridine rings is 1. The molecule has 5 nitrogen and oxygen atoms in total. The topological polar surface area (TPSA) is 71.2 Å². The van der Waals surface area contributed by atoms with Crippen LogP contribution < -0.4 is 11.3 Å². The standard InChI is InChI=1S/C15H24N4O/c1-11-8-13(9-14(17-11)18-16)15(20)19(2)10-12-6-4-3-5-7-12/h8-9,12H,3-7,10,16H2,1-2H3,(H,17,18). The summed E-state index contributed by atoms with van der Waals surface area (Å²) in [4.78, 5) is 18.5. The summed E-state index contributed by atoms with van der Waals surface area (Å²) in [7, 11) is 1.88. The molecule has 0 spiro atoms. The van der Waals surface area contributed by atoms with E-state index >= 15 is 0 Å². The SMILES string of the molecule is Cc1cc(C(=O)N(C)CC2CCCCC2)cc(NN)n1. The summed E-state index contributed by atoms with van der Waals surface area (Å²) in [6, 6.07) is 3.51. The zero-order valence-corrected chi connectivity index (χ0v) is 12.4. The van der Waals surface area contributed by atoms with Crippen molar-refractivity contribution in [2.24, 2.45) is 11.8 Å². The average molecular weight is 276 g/mol. The van der Waals surface area contributed by atoms with E-state index in [9.17, 15) is 4.79 Å². The molecule has 1 fully saturated rings. The predicted molar refractivity (Wildman–Crippen MR) is 80.3 cm³/mol. The lowest BCUT2D eigenvalue weighted by atomic mass is 9.89. The van der Waals surface area contributed by atoms with Crippen molar-refractivity contribution in [2.75, 3.05) is 19.0 Å². The zero-order chi connectivity index (χ0) is 14.5. The van der Waals surface area contributed by atoms with Crippen molar-refractivity contribution >= 4 is 11.7 Å². The first-order valence-electron chi connectivity index (χ1n) is 7.31. The van der Waals surface area contributed by atoms with E-state index in [1.165, 1.54) is 32.1 Å². The third-order valence-corrected chi connectivity index (χ3v) is 3.95. The Bertz CT molecular complexity index is 469. The number of aryl methyl sites for hydroxylation is 1. The van der Waals surface area contributed by atoms with Gasteiger partial charge in [0.2, 0.25) is 0 Å². The monoisotopic (exact) mass is 276 g/mol. The van der Waals surface area contributed by atoms with Crippen LogP contribution in [0.5, 0.6) is 0 Å². The molecule has 1 aliphatic carbocycles. The van der Waals surface area contributed by atoms with Crippen LogP contribution in [0.25, 0.3) is 0 Å². The van der Waals surface area contributed by atoms with Crippen LogP contribution in [0, 0.1) is 12.8 Å². The first-order valence-corrected chi connectivity index (χ1v) is 7.31. The molecule has 110 valence electrons. The minimum absolute atomic E-state index is 0.0394. The van der Waals surface area contributed by atoms with Gasteiger partial charge in [0.05, 0.1) is 0 Å². The Hall–Kier alpha value is -1.62. The molecule has 1 aromatic heterocycles. The molecule has 0 saturated heterocycles. The lowest BCUT2D eigenvalue weighted by Crippen LogP contribution is -2.32. The fraction of sp³-hybridized carbons (Fsp3) is 0.600. The lowest BCUT2D eigenvalue weighted by molar-refractivity contribution is 0.0760. The quantitative estimate of drug-likeness (QED) is 0.654. The molecule has 1 heterocycles. The third-order valence-electron chi connectivity index (χ3n) is 3.95. The molecule has 3 N–H and O–H groups in total. The molecule has 1 aliphatic rings. The largest absolute Gasteiger partial charge is 0.341 e. The van der Waals surface area contributed by atoms with Gasteiger partial charge in [0.15, 0.2) is 0 Å². The zero-order valence-electron chi connectivity index (χ0n) is 12.4. The predicted octanol–water partition coefficient (Wildman–Crippen LogP) is 2.33. The highest BCUT2D eigenvalue weighted by molar-refractivity contribution is 5.94. The van der Waals surface area contributed by atoms with Gasteiger partial charge in [0.1, 0.15) is 5.82 Å². The normalized spacial score (nSPS) is 15.9. The average Bonchev–Trinajstić information content (AvgIpc) is 2.46. The van der Waals surface area contributed by atoms with Crippen molar-refractivity contribution in [2.45, 2.75) is 39.0 Å². The summed E-state index contributed by atoms with van der Waals surface area (Å²) in [5.74, 6) is 6.59. The molecule has 0 radical (unpaired) electrons. The third kappa shape index (κ3) is 3.70. The number of carbonyl (C=O) groups excluding carboxylic acids is 1. The van der Waals surface area contributed by atoms with Crippen LogP contribution in [-0.4, -0.2) is 29.4 Å². The number of nitrogens with zero attached hydrogens (tertiary/aromatic N) is 2. The lowest BCUT2D eigenvalue weighted by Gasteiger charge is -2.27. The van der Waals surface area contributed by atoms with Crippen molar-refractivity contribution in [3.05, 3.63) is 23.4 Å². The maximum Gasteiger partial charge on any atom is 0.253 e. The van der Waals surface area contributed by atoms with Crippen LogP contribution in [0.4, 0.5) is 5.82 Å². The smallest absolute Gasteiger partial charge is 0.253 e. The van der Waals surface area contributed by atoms with Crippen LogP contribution in [0.2, 0.25) is 0 Å². The fourth-order valence-corrected chi connectivity index (χ4v) is 2.93. The van der Waals surface area contributed by atoms with Crippen LogP contribution in [0.1, 0.15) is 48.2 Å². The Morgan fingerprint density at radius 1 is 1.40 bits per heavy atom. The minimum atomic E-state index is 0.0394. The van der Waals surface area contributed by atoms with Gasteiger partial charge in [0.25, 0.3) is 5.91 Å². The van der Waals surface area contributed by atoms with Crippen molar-refractivity contribution in [1.82, 2.24) is 9.88 Å². The number of nitrogen functional groups attached to an aromatic ring is 1. The van der Waals surface area contributed by atoms with E-state index in [4.69, 9.17) is 5.84 Å². The molecule has 1 saturated carbocycles. The Kier molecular flexibility index (Phi) is 4.95. The van der Waals surface area contributed by atoms with Crippen LogP contribution in [0.3, 0.4) is 0 Å². The van der Waals surface area contributed by atoms with E-state index in [2.05, 4.69) is 10.4 Å². The van der Waals surface area contributed by atoms with Gasteiger partial charge in [-0.15, -0.1) is 0 Å². The van der Waals surface area contributed by atoms with E-state index < -0.39 is 0 Å². The highest BCUT2D eigenvalue weighted by atomic mass is 16.2. The van der Waals surface area contributed by atoms with E-state index in [1.54, 1.807) is 12.1 Å². The molecule has 0 unspecified atom stereocenters. The number of aromatic nitrogens is 1. The van der Waals surface area contributed by atoms with Crippen molar-refractivity contribution < 1.29 is 4.79 Å². The number of hydrazine groups is 1. The van der Waals surface area contributed by atoms with Gasteiger partial charge in [-0.25, -0.2) is 10.8 Å². The molecule has 5 heteroatoms. The second-order valence-corrected chi connectivity index (χ2v) is 5.72. The Morgan fingerprint density at radius 3 is 2.75 bits per heavy atom. The van der Waals surface area contributed by atoms with Gasteiger partial charge in [-0.2, -0.15) is 0 Å². The second kappa shape index (κ2) is 6.70. The first kappa shape index (κ1) is 14.8. The molecule has 20 heavy (non-hydrogen) atoms. The molecule has 1 amide bonds. The molecular weight excluding hydrogens is 252 g/mol. The number of carbonyl (C=O) groups is 1. The highest BCUT2D eigenvalue weighted by Gasteiger charge is 2.19. The summed E-state index contributed by atoms with van der Waals surface area (Å²) >= 11 is 0. The summed E-state index contributed by atoms with van der Waals surface area (Å²) in [5, 5.41) is 0.